The number of nitrogens with zero attached hydrogens (tertiary/aromatic N) is 1. The number of carbonyl (C=O) groups is 2. The van der Waals surface area contributed by atoms with E-state index in [0.717, 1.165) is 15.2 Å². The van der Waals surface area contributed by atoms with Gasteiger partial charge in [0.05, 0.1) is 10.2 Å². The minimum Gasteiger partial charge on any atom is -0.454 e. The Kier molecular flexibility index (Phi) is 6.15. The maximum absolute atomic E-state index is 12.3. The number of carbonyl (C=O) groups excluding carboxylic acids is 2. The highest BCUT2D eigenvalue weighted by molar-refractivity contribution is 7.19. The van der Waals surface area contributed by atoms with Crippen LogP contribution in [0.15, 0.2) is 54.6 Å². The number of esters is 1. The molecule has 5 heteroatoms. The van der Waals surface area contributed by atoms with Crippen LogP contribution in [0, 0.1) is 0 Å². The molecule has 0 saturated heterocycles. The Bertz CT molecular complexity index is 997. The zero-order valence-corrected chi connectivity index (χ0v) is 17.0. The molecule has 3 aromatic rings. The average molecular weight is 406 g/mol. The molecular weight excluding hydrogens is 382 g/mol. The van der Waals surface area contributed by atoms with Gasteiger partial charge in [0.25, 0.3) is 0 Å². The average Bonchev–Trinajstić information content (AvgIpc) is 3.20. The summed E-state index contributed by atoms with van der Waals surface area (Å²) in [6, 6.07) is 15.6. The van der Waals surface area contributed by atoms with Crippen LogP contribution in [0.4, 0.5) is 0 Å². The smallest absolute Gasteiger partial charge is 0.331 e. The number of rotatable bonds is 6. The highest BCUT2D eigenvalue weighted by Gasteiger charge is 2.16. The minimum absolute atomic E-state index is 0.193. The first-order valence-electron chi connectivity index (χ1n) is 10.0. The molecular formula is C24H23NO3S. The van der Waals surface area contributed by atoms with Crippen LogP contribution in [0.1, 0.15) is 59.0 Å². The van der Waals surface area contributed by atoms with Crippen molar-refractivity contribution in [3.05, 3.63) is 70.7 Å². The Morgan fingerprint density at radius 1 is 1.03 bits per heavy atom. The van der Waals surface area contributed by atoms with Crippen LogP contribution in [0.25, 0.3) is 16.3 Å². The van der Waals surface area contributed by atoms with Crippen molar-refractivity contribution in [2.45, 2.75) is 38.0 Å². The monoisotopic (exact) mass is 405 g/mol. The van der Waals surface area contributed by atoms with Crippen molar-refractivity contribution in [3.8, 4) is 0 Å². The first-order chi connectivity index (χ1) is 14.2. The number of benzene rings is 2. The molecule has 4 rings (SSSR count). The fourth-order valence-electron chi connectivity index (χ4n) is 3.75. The van der Waals surface area contributed by atoms with Gasteiger partial charge >= 0.3 is 5.97 Å². The molecule has 1 heterocycles. The SMILES string of the molecule is O=C(/C=C/c1nc2ccccc2s1)OCC(=O)c1ccc(C2CCCCC2)cc1. The molecule has 1 fully saturated rings. The molecule has 29 heavy (non-hydrogen) atoms. The lowest BCUT2D eigenvalue weighted by Gasteiger charge is -2.22. The van der Waals surface area contributed by atoms with Crippen LogP contribution in [0.2, 0.25) is 0 Å². The van der Waals surface area contributed by atoms with Crippen LogP contribution in [0.5, 0.6) is 0 Å². The van der Waals surface area contributed by atoms with Gasteiger partial charge in [0.2, 0.25) is 0 Å². The molecule has 0 atom stereocenters. The van der Waals surface area contributed by atoms with E-state index in [0.29, 0.717) is 11.5 Å². The van der Waals surface area contributed by atoms with E-state index in [1.165, 1.54) is 55.1 Å². The van der Waals surface area contributed by atoms with E-state index in [1.807, 2.05) is 48.5 Å². The molecule has 0 aliphatic heterocycles. The van der Waals surface area contributed by atoms with Crippen molar-refractivity contribution < 1.29 is 14.3 Å². The summed E-state index contributed by atoms with van der Waals surface area (Å²) < 4.78 is 6.16. The second-order valence-electron chi connectivity index (χ2n) is 7.34. The highest BCUT2D eigenvalue weighted by atomic mass is 32.1. The summed E-state index contributed by atoms with van der Waals surface area (Å²) >= 11 is 1.50. The summed E-state index contributed by atoms with van der Waals surface area (Å²) in [7, 11) is 0. The van der Waals surface area contributed by atoms with Crippen LogP contribution in [0.3, 0.4) is 0 Å². The van der Waals surface area contributed by atoms with Gasteiger partial charge in [-0.1, -0.05) is 55.7 Å². The van der Waals surface area contributed by atoms with Crippen molar-refractivity contribution in [3.63, 3.8) is 0 Å². The van der Waals surface area contributed by atoms with Gasteiger partial charge < -0.3 is 4.74 Å². The normalized spacial score (nSPS) is 15.0. The number of hydrogen-bond donors (Lipinski definition) is 0. The third-order valence-electron chi connectivity index (χ3n) is 5.33. The maximum atomic E-state index is 12.3. The molecule has 0 unspecified atom stereocenters. The van der Waals surface area contributed by atoms with Gasteiger partial charge in [-0.3, -0.25) is 4.79 Å². The largest absolute Gasteiger partial charge is 0.454 e. The van der Waals surface area contributed by atoms with Gasteiger partial charge in [-0.25, -0.2) is 9.78 Å². The number of ether oxygens (including phenoxy) is 1. The fraction of sp³-hybridized carbons (Fsp3) is 0.292. The van der Waals surface area contributed by atoms with Gasteiger partial charge in [-0.15, -0.1) is 11.3 Å². The third-order valence-corrected chi connectivity index (χ3v) is 6.33. The van der Waals surface area contributed by atoms with E-state index >= 15 is 0 Å². The number of thiazole rings is 1. The zero-order valence-electron chi connectivity index (χ0n) is 16.2. The van der Waals surface area contributed by atoms with Gasteiger partial charge in [-0.2, -0.15) is 0 Å². The minimum atomic E-state index is -0.545. The second-order valence-corrected chi connectivity index (χ2v) is 8.40. The highest BCUT2D eigenvalue weighted by Crippen LogP contribution is 2.32. The molecule has 1 saturated carbocycles. The molecule has 0 amide bonds. The van der Waals surface area contributed by atoms with Crippen LogP contribution in [-0.2, 0) is 9.53 Å². The third kappa shape index (κ3) is 4.98. The molecule has 0 spiro atoms. The first kappa shape index (κ1) is 19.5. The summed E-state index contributed by atoms with van der Waals surface area (Å²) in [6.07, 6.45) is 9.29. The Hall–Kier alpha value is -2.79. The topological polar surface area (TPSA) is 56.3 Å². The van der Waals surface area contributed by atoms with Gasteiger partial charge in [0.1, 0.15) is 5.01 Å². The molecule has 0 radical (unpaired) electrons. The molecule has 1 aromatic heterocycles. The number of aromatic nitrogens is 1. The molecule has 2 aromatic carbocycles. The number of fused-ring (bicyclic) bond motifs is 1. The number of Topliss-reactive ketones (excluding diaryl/α,β-unsaturated/α-hetero) is 1. The van der Waals surface area contributed by atoms with E-state index in [4.69, 9.17) is 4.74 Å². The van der Waals surface area contributed by atoms with Crippen molar-refractivity contribution in [1.29, 1.82) is 0 Å². The predicted molar refractivity (Wildman–Crippen MR) is 116 cm³/mol. The molecule has 148 valence electrons. The zero-order chi connectivity index (χ0) is 20.1. The van der Waals surface area contributed by atoms with E-state index in [-0.39, 0.29) is 12.4 Å². The lowest BCUT2D eigenvalue weighted by molar-refractivity contribution is -0.136. The molecule has 4 nitrogen and oxygen atoms in total. The first-order valence-corrected chi connectivity index (χ1v) is 10.8. The summed E-state index contributed by atoms with van der Waals surface area (Å²) in [5.41, 5.74) is 2.78. The van der Waals surface area contributed by atoms with Crippen molar-refractivity contribution >= 4 is 39.4 Å². The summed E-state index contributed by atoms with van der Waals surface area (Å²) in [4.78, 5) is 28.7. The summed E-state index contributed by atoms with van der Waals surface area (Å²) in [5, 5.41) is 0.729. The molecule has 0 bridgehead atoms. The Balaban J connectivity index is 1.29. The number of para-hydroxylation sites is 1. The van der Waals surface area contributed by atoms with E-state index in [9.17, 15) is 9.59 Å². The lowest BCUT2D eigenvalue weighted by atomic mass is 9.84. The van der Waals surface area contributed by atoms with Gasteiger partial charge in [-0.05, 0) is 42.5 Å². The Morgan fingerprint density at radius 3 is 2.55 bits per heavy atom. The van der Waals surface area contributed by atoms with Crippen LogP contribution in [-0.4, -0.2) is 23.3 Å². The Labute approximate surface area is 174 Å². The van der Waals surface area contributed by atoms with Crippen molar-refractivity contribution in [1.82, 2.24) is 4.98 Å². The van der Waals surface area contributed by atoms with Gasteiger partial charge in [0.15, 0.2) is 12.4 Å². The Morgan fingerprint density at radius 2 is 1.79 bits per heavy atom. The quantitative estimate of drug-likeness (QED) is 0.296. The molecule has 0 N–H and O–H groups in total. The standard InChI is InChI=1S/C24H23NO3S/c26-21(19-12-10-18(11-13-19)17-6-2-1-3-7-17)16-28-24(27)15-14-23-25-20-8-4-5-9-22(20)29-23/h4-5,8-15,17H,1-3,6-7,16H2/b15-14+. The predicted octanol–water partition coefficient (Wildman–Crippen LogP) is 5.78. The second kappa shape index (κ2) is 9.14. The maximum Gasteiger partial charge on any atom is 0.331 e. The van der Waals surface area contributed by atoms with Crippen molar-refractivity contribution in [2.24, 2.45) is 0 Å². The fourth-order valence-corrected chi connectivity index (χ4v) is 4.62. The summed E-state index contributed by atoms with van der Waals surface area (Å²) in [5.74, 6) is -0.128. The molecule has 1 aliphatic carbocycles. The van der Waals surface area contributed by atoms with E-state index < -0.39 is 5.97 Å². The van der Waals surface area contributed by atoms with E-state index in [1.54, 1.807) is 6.08 Å². The molecule has 1 aliphatic rings. The van der Waals surface area contributed by atoms with E-state index in [2.05, 4.69) is 4.98 Å². The van der Waals surface area contributed by atoms with Crippen molar-refractivity contribution in [2.75, 3.05) is 6.61 Å². The number of ketones is 1. The summed E-state index contributed by atoms with van der Waals surface area (Å²) in [6.45, 7) is -0.258. The van der Waals surface area contributed by atoms with Crippen LogP contribution >= 0.6 is 11.3 Å². The van der Waals surface area contributed by atoms with Gasteiger partial charge in [0, 0.05) is 11.6 Å². The number of hydrogen-bond acceptors (Lipinski definition) is 5. The van der Waals surface area contributed by atoms with Crippen LogP contribution < -0.4 is 0 Å². The lowest BCUT2D eigenvalue weighted by Crippen LogP contribution is -2.13.